The summed E-state index contributed by atoms with van der Waals surface area (Å²) in [5.74, 6) is -1.07. The van der Waals surface area contributed by atoms with Gasteiger partial charge in [-0.2, -0.15) is 0 Å². The fourth-order valence-electron chi connectivity index (χ4n) is 2.04. The molecule has 0 radical (unpaired) electrons. The average Bonchev–Trinajstić information content (AvgIpc) is 2.73. The highest BCUT2D eigenvalue weighted by atomic mass is 16.4. The first-order chi connectivity index (χ1) is 8.78. The minimum absolute atomic E-state index is 0.0162. The fourth-order valence-corrected chi connectivity index (χ4v) is 2.04. The highest BCUT2D eigenvalue weighted by molar-refractivity contribution is 5.85. The molecule has 0 aliphatic carbocycles. The van der Waals surface area contributed by atoms with Gasteiger partial charge < -0.3 is 20.6 Å². The Bertz CT molecular complexity index is 381. The number of hydrogen-bond donors (Lipinski definition) is 3. The Morgan fingerprint density at radius 1 is 1.53 bits per heavy atom. The van der Waals surface area contributed by atoms with E-state index in [1.54, 1.807) is 6.92 Å². The summed E-state index contributed by atoms with van der Waals surface area (Å²) in [4.78, 5) is 35.4. The molecular formula is C12H21N3O4. The third-order valence-corrected chi connectivity index (χ3v) is 3.34. The molecule has 1 fully saturated rings. The lowest BCUT2D eigenvalue weighted by Crippen LogP contribution is -2.57. The predicted octanol–water partition coefficient (Wildman–Crippen LogP) is 0.160. The molecule has 0 bridgehead atoms. The number of likely N-dealkylation sites (N-methyl/N-ethyl adjacent to an activating group) is 1. The number of carbonyl (C=O) groups is 3. The van der Waals surface area contributed by atoms with Gasteiger partial charge in [-0.1, -0.05) is 0 Å². The standard InChI is InChI=1S/C12H21N3O4/c1-4-15(12(2,3)10(17)18)11(19)13-7-8-5-6-9(16)14-8/h8H,4-7H2,1-3H3,(H,13,19)(H,14,16)(H,17,18). The van der Waals surface area contributed by atoms with Crippen molar-refractivity contribution in [3.8, 4) is 0 Å². The maximum Gasteiger partial charge on any atom is 0.329 e. The molecule has 3 amide bonds. The largest absolute Gasteiger partial charge is 0.480 e. The van der Waals surface area contributed by atoms with Crippen molar-refractivity contribution in [2.75, 3.05) is 13.1 Å². The minimum atomic E-state index is -1.27. The topological polar surface area (TPSA) is 98.7 Å². The summed E-state index contributed by atoms with van der Waals surface area (Å²) in [6.45, 7) is 5.30. The molecule has 19 heavy (non-hydrogen) atoms. The van der Waals surface area contributed by atoms with Crippen LogP contribution in [0.1, 0.15) is 33.6 Å². The predicted molar refractivity (Wildman–Crippen MR) is 68.7 cm³/mol. The first kappa shape index (κ1) is 15.3. The van der Waals surface area contributed by atoms with Crippen LogP contribution in [0.3, 0.4) is 0 Å². The number of nitrogens with one attached hydrogen (secondary N) is 2. The van der Waals surface area contributed by atoms with Crippen LogP contribution in [-0.2, 0) is 9.59 Å². The van der Waals surface area contributed by atoms with Crippen molar-refractivity contribution in [3.63, 3.8) is 0 Å². The smallest absolute Gasteiger partial charge is 0.329 e. The fraction of sp³-hybridized carbons (Fsp3) is 0.750. The number of carbonyl (C=O) groups excluding carboxylic acids is 2. The maximum atomic E-state index is 12.0. The van der Waals surface area contributed by atoms with Gasteiger partial charge in [0.15, 0.2) is 0 Å². The summed E-state index contributed by atoms with van der Waals surface area (Å²) >= 11 is 0. The molecule has 1 aliphatic heterocycles. The van der Waals surface area contributed by atoms with Crippen molar-refractivity contribution in [1.29, 1.82) is 0 Å². The van der Waals surface area contributed by atoms with Gasteiger partial charge in [0.05, 0.1) is 0 Å². The molecule has 7 heteroatoms. The number of amides is 3. The van der Waals surface area contributed by atoms with Crippen LogP contribution in [0.4, 0.5) is 4.79 Å². The van der Waals surface area contributed by atoms with Crippen LogP contribution in [0.25, 0.3) is 0 Å². The maximum absolute atomic E-state index is 12.0. The van der Waals surface area contributed by atoms with E-state index in [4.69, 9.17) is 5.11 Å². The Labute approximate surface area is 112 Å². The van der Waals surface area contributed by atoms with E-state index in [2.05, 4.69) is 10.6 Å². The molecule has 1 aliphatic rings. The molecule has 108 valence electrons. The summed E-state index contributed by atoms with van der Waals surface area (Å²) in [5.41, 5.74) is -1.27. The van der Waals surface area contributed by atoms with Gasteiger partial charge in [-0.15, -0.1) is 0 Å². The monoisotopic (exact) mass is 271 g/mol. The van der Waals surface area contributed by atoms with Crippen LogP contribution < -0.4 is 10.6 Å². The van der Waals surface area contributed by atoms with E-state index in [1.165, 1.54) is 18.7 Å². The van der Waals surface area contributed by atoms with Crippen LogP contribution in [0, 0.1) is 0 Å². The zero-order chi connectivity index (χ0) is 14.6. The van der Waals surface area contributed by atoms with E-state index in [-0.39, 0.29) is 11.9 Å². The van der Waals surface area contributed by atoms with Crippen molar-refractivity contribution in [3.05, 3.63) is 0 Å². The molecule has 0 aromatic rings. The lowest BCUT2D eigenvalue weighted by Gasteiger charge is -2.34. The van der Waals surface area contributed by atoms with Gasteiger partial charge in [0.25, 0.3) is 0 Å². The van der Waals surface area contributed by atoms with Crippen LogP contribution in [0.5, 0.6) is 0 Å². The molecule has 7 nitrogen and oxygen atoms in total. The highest BCUT2D eigenvalue weighted by Gasteiger charge is 2.37. The molecule has 0 saturated carbocycles. The van der Waals surface area contributed by atoms with Gasteiger partial charge in [0.2, 0.25) is 5.91 Å². The second-order valence-electron chi connectivity index (χ2n) is 5.10. The molecule has 3 N–H and O–H groups in total. The van der Waals surface area contributed by atoms with Gasteiger partial charge in [-0.3, -0.25) is 4.79 Å². The lowest BCUT2D eigenvalue weighted by atomic mass is 10.0. The molecule has 1 unspecified atom stereocenters. The molecule has 0 aromatic heterocycles. The molecule has 1 saturated heterocycles. The zero-order valence-corrected chi connectivity index (χ0v) is 11.5. The Morgan fingerprint density at radius 2 is 2.16 bits per heavy atom. The number of rotatable bonds is 5. The number of urea groups is 1. The van der Waals surface area contributed by atoms with Gasteiger partial charge in [-0.05, 0) is 27.2 Å². The summed E-state index contributed by atoms with van der Waals surface area (Å²) in [7, 11) is 0. The summed E-state index contributed by atoms with van der Waals surface area (Å²) in [6.07, 6.45) is 1.16. The van der Waals surface area contributed by atoms with E-state index in [1.807, 2.05) is 0 Å². The second-order valence-corrected chi connectivity index (χ2v) is 5.10. The van der Waals surface area contributed by atoms with E-state index in [9.17, 15) is 14.4 Å². The molecule has 0 aromatic carbocycles. The normalized spacial score (nSPS) is 18.9. The Morgan fingerprint density at radius 3 is 2.58 bits per heavy atom. The molecular weight excluding hydrogens is 250 g/mol. The zero-order valence-electron chi connectivity index (χ0n) is 11.5. The molecule has 1 atom stereocenters. The third kappa shape index (κ3) is 3.59. The van der Waals surface area contributed by atoms with Crippen LogP contribution >= 0.6 is 0 Å². The molecule has 1 rings (SSSR count). The number of nitrogens with zero attached hydrogens (tertiary/aromatic N) is 1. The minimum Gasteiger partial charge on any atom is -0.480 e. The van der Waals surface area contributed by atoms with Gasteiger partial charge in [0.1, 0.15) is 5.54 Å². The van der Waals surface area contributed by atoms with Crippen LogP contribution in [0.15, 0.2) is 0 Å². The van der Waals surface area contributed by atoms with Gasteiger partial charge in [0, 0.05) is 25.6 Å². The third-order valence-electron chi connectivity index (χ3n) is 3.34. The first-order valence-electron chi connectivity index (χ1n) is 6.37. The summed E-state index contributed by atoms with van der Waals surface area (Å²) < 4.78 is 0. The van der Waals surface area contributed by atoms with Crippen LogP contribution in [-0.4, -0.2) is 52.6 Å². The van der Waals surface area contributed by atoms with Crippen LogP contribution in [0.2, 0.25) is 0 Å². The molecule has 0 spiro atoms. The van der Waals surface area contributed by atoms with Crippen molar-refractivity contribution in [1.82, 2.24) is 15.5 Å². The number of carboxylic acid groups (broad SMARTS) is 1. The van der Waals surface area contributed by atoms with Crippen molar-refractivity contribution >= 4 is 17.9 Å². The van der Waals surface area contributed by atoms with E-state index in [0.29, 0.717) is 25.9 Å². The van der Waals surface area contributed by atoms with E-state index in [0.717, 1.165) is 0 Å². The number of hydrogen-bond acceptors (Lipinski definition) is 3. The Hall–Kier alpha value is -1.79. The first-order valence-corrected chi connectivity index (χ1v) is 6.37. The number of aliphatic carboxylic acids is 1. The van der Waals surface area contributed by atoms with Crippen molar-refractivity contribution in [2.24, 2.45) is 0 Å². The van der Waals surface area contributed by atoms with E-state index < -0.39 is 17.5 Å². The summed E-state index contributed by atoms with van der Waals surface area (Å²) in [5, 5.41) is 14.5. The van der Waals surface area contributed by atoms with Crippen molar-refractivity contribution < 1.29 is 19.5 Å². The second kappa shape index (κ2) is 5.90. The Kier molecular flexibility index (Phi) is 4.74. The lowest BCUT2D eigenvalue weighted by molar-refractivity contribution is -0.147. The van der Waals surface area contributed by atoms with E-state index >= 15 is 0 Å². The summed E-state index contributed by atoms with van der Waals surface area (Å²) in [6, 6.07) is -0.501. The highest BCUT2D eigenvalue weighted by Crippen LogP contribution is 2.14. The SMILES string of the molecule is CCN(C(=O)NCC1CCC(=O)N1)C(C)(C)C(=O)O. The molecule has 1 heterocycles. The number of carboxylic acids is 1. The average molecular weight is 271 g/mol. The van der Waals surface area contributed by atoms with Crippen molar-refractivity contribution in [2.45, 2.75) is 45.2 Å². The van der Waals surface area contributed by atoms with Gasteiger partial charge >= 0.3 is 12.0 Å². The quantitative estimate of drug-likeness (QED) is 0.663. The van der Waals surface area contributed by atoms with Gasteiger partial charge in [-0.25, -0.2) is 9.59 Å². The Balaban J connectivity index is 2.55.